The van der Waals surface area contributed by atoms with E-state index >= 15 is 0 Å². The lowest BCUT2D eigenvalue weighted by Crippen LogP contribution is -2.41. The van der Waals surface area contributed by atoms with Gasteiger partial charge in [0, 0.05) is 6.54 Å². The van der Waals surface area contributed by atoms with Gasteiger partial charge in [-0.25, -0.2) is 4.79 Å². The summed E-state index contributed by atoms with van der Waals surface area (Å²) in [6.07, 6.45) is 1.30. The molecule has 2 atom stereocenters. The van der Waals surface area contributed by atoms with Crippen LogP contribution in [0.15, 0.2) is 0 Å². The van der Waals surface area contributed by atoms with Crippen molar-refractivity contribution in [2.45, 2.75) is 45.2 Å². The average Bonchev–Trinajstić information content (AvgIpc) is 2.25. The number of hydrogen-bond donors (Lipinski definition) is 2. The number of urea groups is 1. The second-order valence-corrected chi connectivity index (χ2v) is 5.15. The summed E-state index contributed by atoms with van der Waals surface area (Å²) in [6.45, 7) is 1.38. The van der Waals surface area contributed by atoms with E-state index in [4.69, 9.17) is 0 Å². The van der Waals surface area contributed by atoms with E-state index in [0.717, 1.165) is 25.2 Å². The number of halogens is 3. The number of amides is 2. The molecule has 0 saturated heterocycles. The predicted molar refractivity (Wildman–Crippen MR) is 63.2 cm³/mol. The lowest BCUT2D eigenvalue weighted by molar-refractivity contribution is -0.122. The summed E-state index contributed by atoms with van der Waals surface area (Å²) in [5.74, 6) is 1.32. The van der Waals surface area contributed by atoms with Crippen LogP contribution in [0.25, 0.3) is 0 Å². The Labute approximate surface area is 106 Å². The van der Waals surface area contributed by atoms with Crippen molar-refractivity contribution >= 4 is 6.03 Å². The molecule has 2 N–H and O–H groups in total. The highest BCUT2D eigenvalue weighted by Crippen LogP contribution is 2.30. The molecular formula is C12H21F3N2O. The Hall–Kier alpha value is -0.940. The molecule has 0 aliphatic heterocycles. The van der Waals surface area contributed by atoms with Gasteiger partial charge in [0.15, 0.2) is 0 Å². The molecule has 0 aromatic heterocycles. The minimum Gasteiger partial charge on any atom is -0.338 e. The molecule has 0 aromatic carbocycles. The molecule has 1 aliphatic rings. The van der Waals surface area contributed by atoms with E-state index in [1.54, 1.807) is 5.32 Å². The molecule has 106 valence electrons. The Kier molecular flexibility index (Phi) is 5.75. The summed E-state index contributed by atoms with van der Waals surface area (Å²) >= 11 is 0. The molecule has 2 unspecified atom stereocenters. The fraction of sp³-hybridized carbons (Fsp3) is 0.917. The molecule has 1 saturated carbocycles. The first-order valence-electron chi connectivity index (χ1n) is 6.45. The van der Waals surface area contributed by atoms with Gasteiger partial charge in [-0.3, -0.25) is 0 Å². The molecule has 1 aliphatic carbocycles. The molecule has 18 heavy (non-hydrogen) atoms. The molecule has 3 nitrogen and oxygen atoms in total. The van der Waals surface area contributed by atoms with Gasteiger partial charge >= 0.3 is 12.2 Å². The summed E-state index contributed by atoms with van der Waals surface area (Å²) < 4.78 is 35.5. The Balaban J connectivity index is 2.08. The minimum atomic E-state index is -4.35. The molecule has 0 bridgehead atoms. The fourth-order valence-electron chi connectivity index (χ4n) is 2.45. The SMILES string of the molecule is CC1CCCC(CCNC(=O)NCC(F)(F)F)C1. The van der Waals surface area contributed by atoms with E-state index in [-0.39, 0.29) is 0 Å². The first kappa shape index (κ1) is 15.1. The highest BCUT2D eigenvalue weighted by Gasteiger charge is 2.27. The third-order valence-corrected chi connectivity index (χ3v) is 3.33. The van der Waals surface area contributed by atoms with Crippen molar-refractivity contribution in [2.24, 2.45) is 11.8 Å². The number of carbonyl (C=O) groups excluding carboxylic acids is 1. The van der Waals surface area contributed by atoms with Gasteiger partial charge < -0.3 is 10.6 Å². The quantitative estimate of drug-likeness (QED) is 0.806. The first-order chi connectivity index (χ1) is 8.37. The Morgan fingerprint density at radius 3 is 2.61 bits per heavy atom. The summed E-state index contributed by atoms with van der Waals surface area (Å²) in [5.41, 5.74) is 0. The number of carbonyl (C=O) groups is 1. The maximum absolute atomic E-state index is 11.8. The molecule has 0 spiro atoms. The third-order valence-electron chi connectivity index (χ3n) is 3.33. The van der Waals surface area contributed by atoms with Crippen molar-refractivity contribution in [3.05, 3.63) is 0 Å². The number of nitrogens with one attached hydrogen (secondary N) is 2. The van der Waals surface area contributed by atoms with E-state index in [9.17, 15) is 18.0 Å². The largest absolute Gasteiger partial charge is 0.405 e. The normalized spacial score (nSPS) is 24.7. The van der Waals surface area contributed by atoms with Gasteiger partial charge in [-0.05, 0) is 24.7 Å². The monoisotopic (exact) mass is 266 g/mol. The van der Waals surface area contributed by atoms with Crippen LogP contribution in [-0.2, 0) is 0 Å². The predicted octanol–water partition coefficient (Wildman–Crippen LogP) is 3.06. The number of rotatable bonds is 4. The van der Waals surface area contributed by atoms with E-state index < -0.39 is 18.8 Å². The van der Waals surface area contributed by atoms with Gasteiger partial charge in [-0.15, -0.1) is 0 Å². The molecule has 1 fully saturated rings. The smallest absolute Gasteiger partial charge is 0.338 e. The van der Waals surface area contributed by atoms with Gasteiger partial charge in [0.25, 0.3) is 0 Å². The van der Waals surface area contributed by atoms with Crippen molar-refractivity contribution in [3.63, 3.8) is 0 Å². The maximum atomic E-state index is 11.8. The summed E-state index contributed by atoms with van der Waals surface area (Å²) in [6, 6.07) is -0.740. The van der Waals surface area contributed by atoms with Crippen LogP contribution in [-0.4, -0.2) is 25.3 Å². The summed E-state index contributed by atoms with van der Waals surface area (Å²) in [5, 5.41) is 4.26. The lowest BCUT2D eigenvalue weighted by atomic mass is 9.81. The topological polar surface area (TPSA) is 41.1 Å². The highest BCUT2D eigenvalue weighted by molar-refractivity contribution is 5.73. The third kappa shape index (κ3) is 6.71. The molecule has 0 aromatic rings. The summed E-state index contributed by atoms with van der Waals surface area (Å²) in [4.78, 5) is 11.1. The van der Waals surface area contributed by atoms with Gasteiger partial charge in [-0.1, -0.05) is 26.2 Å². The van der Waals surface area contributed by atoms with Crippen LogP contribution in [0.5, 0.6) is 0 Å². The molecule has 0 radical (unpaired) electrons. The Morgan fingerprint density at radius 2 is 2.00 bits per heavy atom. The average molecular weight is 266 g/mol. The number of hydrogen-bond acceptors (Lipinski definition) is 1. The van der Waals surface area contributed by atoms with E-state index in [0.29, 0.717) is 12.5 Å². The fourth-order valence-corrected chi connectivity index (χ4v) is 2.45. The number of alkyl halides is 3. The molecular weight excluding hydrogens is 245 g/mol. The van der Waals surface area contributed by atoms with Gasteiger partial charge in [0.2, 0.25) is 0 Å². The van der Waals surface area contributed by atoms with Gasteiger partial charge in [0.1, 0.15) is 6.54 Å². The van der Waals surface area contributed by atoms with Gasteiger partial charge in [-0.2, -0.15) is 13.2 Å². The van der Waals surface area contributed by atoms with Crippen molar-refractivity contribution in [1.82, 2.24) is 10.6 Å². The molecule has 0 heterocycles. The Morgan fingerprint density at radius 1 is 1.28 bits per heavy atom. The molecule has 1 rings (SSSR count). The van der Waals surface area contributed by atoms with Crippen LogP contribution >= 0.6 is 0 Å². The van der Waals surface area contributed by atoms with Crippen molar-refractivity contribution in [1.29, 1.82) is 0 Å². The van der Waals surface area contributed by atoms with Crippen molar-refractivity contribution in [3.8, 4) is 0 Å². The van der Waals surface area contributed by atoms with Crippen LogP contribution in [0.1, 0.15) is 39.0 Å². The standard InChI is InChI=1S/C12H21F3N2O/c1-9-3-2-4-10(7-9)5-6-16-11(18)17-8-12(13,14)15/h9-10H,2-8H2,1H3,(H2,16,17,18). The molecule has 2 amide bonds. The second-order valence-electron chi connectivity index (χ2n) is 5.15. The maximum Gasteiger partial charge on any atom is 0.405 e. The minimum absolute atomic E-state index is 0.446. The molecule has 6 heteroatoms. The Bertz CT molecular complexity index is 269. The van der Waals surface area contributed by atoms with Crippen LogP contribution < -0.4 is 10.6 Å². The van der Waals surface area contributed by atoms with E-state index in [1.807, 2.05) is 0 Å². The van der Waals surface area contributed by atoms with Crippen molar-refractivity contribution < 1.29 is 18.0 Å². The summed E-state index contributed by atoms with van der Waals surface area (Å²) in [7, 11) is 0. The van der Waals surface area contributed by atoms with Crippen LogP contribution in [0.3, 0.4) is 0 Å². The zero-order valence-corrected chi connectivity index (χ0v) is 10.6. The van der Waals surface area contributed by atoms with Crippen LogP contribution in [0.4, 0.5) is 18.0 Å². The van der Waals surface area contributed by atoms with Gasteiger partial charge in [0.05, 0.1) is 0 Å². The lowest BCUT2D eigenvalue weighted by Gasteiger charge is -2.26. The van der Waals surface area contributed by atoms with Crippen LogP contribution in [0.2, 0.25) is 0 Å². The van der Waals surface area contributed by atoms with Crippen molar-refractivity contribution in [2.75, 3.05) is 13.1 Å². The van der Waals surface area contributed by atoms with E-state index in [2.05, 4.69) is 12.2 Å². The van der Waals surface area contributed by atoms with Crippen LogP contribution in [0, 0.1) is 11.8 Å². The zero-order chi connectivity index (χ0) is 13.6. The van der Waals surface area contributed by atoms with E-state index in [1.165, 1.54) is 12.8 Å². The first-order valence-corrected chi connectivity index (χ1v) is 6.45. The highest BCUT2D eigenvalue weighted by atomic mass is 19.4. The second kappa shape index (κ2) is 6.85. The zero-order valence-electron chi connectivity index (χ0n) is 10.6.